The smallest absolute Gasteiger partial charge is 0.335 e. The van der Waals surface area contributed by atoms with Crippen molar-refractivity contribution in [1.29, 1.82) is 0 Å². The first-order chi connectivity index (χ1) is 21.0. The van der Waals surface area contributed by atoms with Gasteiger partial charge in [-0.3, -0.25) is 9.88 Å². The zero-order valence-electron chi connectivity index (χ0n) is 24.2. The van der Waals surface area contributed by atoms with Crippen LogP contribution in [0, 0.1) is 0 Å². The van der Waals surface area contributed by atoms with Gasteiger partial charge >= 0.3 is 5.97 Å². The number of aromatic nitrogens is 4. The van der Waals surface area contributed by atoms with E-state index in [0.29, 0.717) is 24.9 Å². The van der Waals surface area contributed by atoms with Gasteiger partial charge in [-0.1, -0.05) is 18.2 Å². The van der Waals surface area contributed by atoms with Crippen LogP contribution in [0.25, 0.3) is 21.8 Å². The molecule has 0 radical (unpaired) electrons. The number of rotatable bonds is 9. The number of hydrogen-bond acceptors (Lipinski definition) is 7. The average Bonchev–Trinajstić information content (AvgIpc) is 3.39. The number of nitrogens with zero attached hydrogens (tertiary/aromatic N) is 5. The maximum atomic E-state index is 11.7. The van der Waals surface area contributed by atoms with Crippen molar-refractivity contribution < 1.29 is 19.4 Å². The second-order valence-electron chi connectivity index (χ2n) is 11.6. The predicted octanol–water partition coefficient (Wildman–Crippen LogP) is 5.99. The minimum atomic E-state index is -0.930. The lowest BCUT2D eigenvalue weighted by Gasteiger charge is -2.36. The molecule has 2 aromatic carbocycles. The Labute approximate surface area is 250 Å². The number of likely N-dealkylation sites (tertiary alicyclic amines) is 1. The molecule has 0 saturated carbocycles. The average molecular weight is 578 g/mol. The Bertz CT molecular complexity index is 1770. The summed E-state index contributed by atoms with van der Waals surface area (Å²) < 4.78 is 14.0. The topological polar surface area (TPSA) is 103 Å². The van der Waals surface area contributed by atoms with Gasteiger partial charge in [0, 0.05) is 42.1 Å². The van der Waals surface area contributed by atoms with Crippen LogP contribution in [-0.4, -0.2) is 61.3 Å². The van der Waals surface area contributed by atoms with E-state index in [1.165, 1.54) is 0 Å². The summed E-state index contributed by atoms with van der Waals surface area (Å²) >= 11 is 0. The Kier molecular flexibility index (Phi) is 7.51. The molecule has 2 fully saturated rings. The Morgan fingerprint density at radius 1 is 1.05 bits per heavy atom. The van der Waals surface area contributed by atoms with E-state index in [2.05, 4.69) is 45.6 Å². The number of carboxylic acid groups (broad SMARTS) is 1. The minimum absolute atomic E-state index is 0.0852. The van der Waals surface area contributed by atoms with Crippen molar-refractivity contribution in [2.24, 2.45) is 0 Å². The number of carbonyl (C=O) groups is 1. The number of ether oxygens (including phenoxy) is 2. The molecule has 2 aliphatic rings. The molecule has 0 aliphatic carbocycles. The van der Waals surface area contributed by atoms with E-state index in [1.807, 2.05) is 30.5 Å². The molecule has 0 unspecified atom stereocenters. The molecule has 5 aromatic rings. The molecule has 2 saturated heterocycles. The van der Waals surface area contributed by atoms with Gasteiger partial charge in [-0.2, -0.15) is 0 Å². The summed E-state index contributed by atoms with van der Waals surface area (Å²) in [7, 11) is 0. The van der Waals surface area contributed by atoms with Gasteiger partial charge in [0.15, 0.2) is 0 Å². The molecule has 0 spiro atoms. The van der Waals surface area contributed by atoms with Crippen LogP contribution in [-0.2, 0) is 17.9 Å². The number of fused-ring (bicyclic) bond motifs is 2. The molecule has 220 valence electrons. The predicted molar refractivity (Wildman–Crippen MR) is 163 cm³/mol. The fraction of sp³-hybridized carbons (Fsp3) is 0.353. The highest BCUT2D eigenvalue weighted by Gasteiger charge is 2.30. The first-order valence-electron chi connectivity index (χ1n) is 15.0. The van der Waals surface area contributed by atoms with E-state index in [1.54, 1.807) is 18.3 Å². The third-order valence-corrected chi connectivity index (χ3v) is 8.91. The third kappa shape index (κ3) is 5.70. The number of imidazole rings is 1. The molecule has 5 heterocycles. The Hall–Kier alpha value is -4.34. The number of benzene rings is 2. The van der Waals surface area contributed by atoms with Crippen molar-refractivity contribution in [2.45, 2.75) is 57.4 Å². The van der Waals surface area contributed by atoms with Gasteiger partial charge in [0.1, 0.15) is 12.4 Å². The normalized spacial score (nSPS) is 18.5. The highest BCUT2D eigenvalue weighted by Crippen LogP contribution is 2.34. The highest BCUT2D eigenvalue weighted by molar-refractivity contribution is 5.92. The number of hydrogen-bond donors (Lipinski definition) is 1. The summed E-state index contributed by atoms with van der Waals surface area (Å²) in [6.07, 6.45) is 6.81. The summed E-state index contributed by atoms with van der Waals surface area (Å²) in [6.45, 7) is 5.97. The van der Waals surface area contributed by atoms with Crippen LogP contribution >= 0.6 is 0 Å². The van der Waals surface area contributed by atoms with Crippen LogP contribution in [0.15, 0.2) is 73.1 Å². The molecule has 1 N–H and O–H groups in total. The quantitative estimate of drug-likeness (QED) is 0.228. The van der Waals surface area contributed by atoms with Crippen molar-refractivity contribution in [2.75, 3.05) is 19.7 Å². The fourth-order valence-electron chi connectivity index (χ4n) is 6.28. The van der Waals surface area contributed by atoms with Crippen LogP contribution in [0.2, 0.25) is 0 Å². The molecule has 3 aromatic heterocycles. The SMILES string of the molecule is C[C@@H](c1nc2ccc(C(=O)O)cc2n1C[C@@H]1CCO1)N1CCC(c2cccc(OCc3ccc4cnccc4c3)n2)CC1. The summed E-state index contributed by atoms with van der Waals surface area (Å²) in [5.41, 5.74) is 4.13. The Morgan fingerprint density at radius 3 is 2.70 bits per heavy atom. The molecule has 7 rings (SSSR count). The number of pyridine rings is 2. The van der Waals surface area contributed by atoms with E-state index in [4.69, 9.17) is 19.4 Å². The minimum Gasteiger partial charge on any atom is -0.478 e. The lowest BCUT2D eigenvalue weighted by atomic mass is 9.92. The standard InChI is InChI=1S/C34H35N5O4/c1-22(33-37-30-8-7-26(34(40)41)18-31(30)39(33)20-28-12-16-42-28)38-14-10-24(11-15-38)29-3-2-4-32(36-29)43-21-23-5-6-27-19-35-13-9-25(27)17-23/h2-9,13,17-19,22,24,28H,10-12,14-16,20-21H2,1H3,(H,40,41)/t22-,28-/m0/s1. The lowest BCUT2D eigenvalue weighted by molar-refractivity contribution is -0.0594. The maximum Gasteiger partial charge on any atom is 0.335 e. The lowest BCUT2D eigenvalue weighted by Crippen LogP contribution is -2.37. The van der Waals surface area contributed by atoms with Gasteiger partial charge in [0.05, 0.1) is 35.3 Å². The molecular weight excluding hydrogens is 542 g/mol. The van der Waals surface area contributed by atoms with Crippen molar-refractivity contribution >= 4 is 27.8 Å². The zero-order valence-corrected chi connectivity index (χ0v) is 24.2. The van der Waals surface area contributed by atoms with Gasteiger partial charge in [0.2, 0.25) is 5.88 Å². The second-order valence-corrected chi connectivity index (χ2v) is 11.6. The Morgan fingerprint density at radius 2 is 1.91 bits per heavy atom. The summed E-state index contributed by atoms with van der Waals surface area (Å²) in [5.74, 6) is 1.04. The second kappa shape index (κ2) is 11.7. The molecule has 0 bridgehead atoms. The van der Waals surface area contributed by atoms with Crippen LogP contribution in [0.1, 0.15) is 65.6 Å². The number of aromatic carboxylic acids is 1. The summed E-state index contributed by atoms with van der Waals surface area (Å²) in [6, 6.07) is 19.6. The van der Waals surface area contributed by atoms with Crippen LogP contribution in [0.5, 0.6) is 5.88 Å². The van der Waals surface area contributed by atoms with E-state index >= 15 is 0 Å². The third-order valence-electron chi connectivity index (χ3n) is 8.91. The summed E-state index contributed by atoms with van der Waals surface area (Å²) in [5, 5.41) is 11.8. The van der Waals surface area contributed by atoms with Crippen molar-refractivity contribution in [3.8, 4) is 5.88 Å². The van der Waals surface area contributed by atoms with Crippen molar-refractivity contribution in [1.82, 2.24) is 24.4 Å². The first-order valence-corrected chi connectivity index (χ1v) is 15.0. The fourth-order valence-corrected chi connectivity index (χ4v) is 6.28. The van der Waals surface area contributed by atoms with Crippen LogP contribution < -0.4 is 4.74 Å². The molecule has 9 nitrogen and oxygen atoms in total. The molecule has 43 heavy (non-hydrogen) atoms. The molecule has 2 aliphatic heterocycles. The van der Waals surface area contributed by atoms with Gasteiger partial charge < -0.3 is 19.1 Å². The summed E-state index contributed by atoms with van der Waals surface area (Å²) in [4.78, 5) is 28.2. The molecule has 9 heteroatoms. The number of carboxylic acids is 1. The first kappa shape index (κ1) is 27.5. The molecule has 0 amide bonds. The van der Waals surface area contributed by atoms with Gasteiger partial charge in [-0.25, -0.2) is 14.8 Å². The van der Waals surface area contributed by atoms with Crippen LogP contribution in [0.4, 0.5) is 0 Å². The van der Waals surface area contributed by atoms with Crippen molar-refractivity contribution in [3.63, 3.8) is 0 Å². The van der Waals surface area contributed by atoms with E-state index in [0.717, 1.165) is 77.8 Å². The van der Waals surface area contributed by atoms with E-state index in [-0.39, 0.29) is 17.7 Å². The van der Waals surface area contributed by atoms with Gasteiger partial charge in [-0.05, 0) is 86.6 Å². The zero-order chi connectivity index (χ0) is 29.3. The molecular formula is C34H35N5O4. The molecule has 2 atom stereocenters. The Balaban J connectivity index is 1.02. The monoisotopic (exact) mass is 577 g/mol. The van der Waals surface area contributed by atoms with Gasteiger partial charge in [0.25, 0.3) is 0 Å². The largest absolute Gasteiger partial charge is 0.478 e. The van der Waals surface area contributed by atoms with Crippen LogP contribution in [0.3, 0.4) is 0 Å². The van der Waals surface area contributed by atoms with Crippen molar-refractivity contribution in [3.05, 3.63) is 95.7 Å². The number of piperidine rings is 1. The van der Waals surface area contributed by atoms with E-state index in [9.17, 15) is 9.90 Å². The maximum absolute atomic E-state index is 11.7. The van der Waals surface area contributed by atoms with Gasteiger partial charge in [-0.15, -0.1) is 0 Å². The van der Waals surface area contributed by atoms with E-state index < -0.39 is 5.97 Å². The highest BCUT2D eigenvalue weighted by atomic mass is 16.5.